The van der Waals surface area contributed by atoms with Gasteiger partial charge in [0.25, 0.3) is 0 Å². The lowest BCUT2D eigenvalue weighted by atomic mass is 10.2. The molecule has 0 unspecified atom stereocenters. The zero-order chi connectivity index (χ0) is 13.8. The van der Waals surface area contributed by atoms with Crippen molar-refractivity contribution < 1.29 is 9.84 Å². The van der Waals surface area contributed by atoms with Crippen LogP contribution in [0, 0.1) is 6.92 Å². The van der Waals surface area contributed by atoms with E-state index in [0.717, 1.165) is 21.3 Å². The highest BCUT2D eigenvalue weighted by Crippen LogP contribution is 2.28. The van der Waals surface area contributed by atoms with Gasteiger partial charge in [-0.15, -0.1) is 0 Å². The quantitative estimate of drug-likeness (QED) is 0.860. The Kier molecular flexibility index (Phi) is 4.22. The zero-order valence-electron chi connectivity index (χ0n) is 10.7. The van der Waals surface area contributed by atoms with Crippen LogP contribution in [0.2, 0.25) is 0 Å². The molecule has 0 aliphatic carbocycles. The fourth-order valence-electron chi connectivity index (χ4n) is 1.68. The maximum atomic E-state index is 9.74. The summed E-state index contributed by atoms with van der Waals surface area (Å²) < 4.78 is 6.22. The monoisotopic (exact) mass is 319 g/mol. The van der Waals surface area contributed by atoms with E-state index in [2.05, 4.69) is 20.9 Å². The molecule has 2 aromatic carbocycles. The Morgan fingerprint density at radius 1 is 1.21 bits per heavy atom. The highest BCUT2D eigenvalue weighted by molar-refractivity contribution is 9.10. The van der Waals surface area contributed by atoms with Gasteiger partial charge in [-0.25, -0.2) is 0 Å². The lowest BCUT2D eigenvalue weighted by Crippen LogP contribution is -1.90. The van der Waals surface area contributed by atoms with Gasteiger partial charge in [0, 0.05) is 16.3 Å². The third-order valence-electron chi connectivity index (χ3n) is 2.67. The van der Waals surface area contributed by atoms with Gasteiger partial charge in [0.1, 0.15) is 17.2 Å². The molecule has 0 saturated heterocycles. The lowest BCUT2D eigenvalue weighted by Gasteiger charge is -2.05. The molecule has 0 fully saturated rings. The van der Waals surface area contributed by atoms with E-state index in [1.54, 1.807) is 19.4 Å². The van der Waals surface area contributed by atoms with Crippen LogP contribution < -0.4 is 4.74 Å². The third kappa shape index (κ3) is 3.35. The van der Waals surface area contributed by atoms with E-state index in [1.807, 2.05) is 37.3 Å². The van der Waals surface area contributed by atoms with Gasteiger partial charge >= 0.3 is 0 Å². The Bertz CT molecular complexity index is 624. The zero-order valence-corrected chi connectivity index (χ0v) is 12.3. The smallest absolute Gasteiger partial charge is 0.141 e. The average Bonchev–Trinajstić information content (AvgIpc) is 2.40. The first-order valence-corrected chi connectivity index (χ1v) is 6.56. The largest absolute Gasteiger partial charge is 0.506 e. The lowest BCUT2D eigenvalue weighted by molar-refractivity contribution is 0.414. The van der Waals surface area contributed by atoms with Crippen LogP contribution in [0.25, 0.3) is 0 Å². The summed E-state index contributed by atoms with van der Waals surface area (Å²) in [5.41, 5.74) is 2.44. The Morgan fingerprint density at radius 2 is 2.00 bits per heavy atom. The predicted octanol–water partition coefficient (Wildman–Crippen LogP) is 4.22. The predicted molar refractivity (Wildman–Crippen MR) is 80.8 cm³/mol. The van der Waals surface area contributed by atoms with Crippen molar-refractivity contribution in [2.75, 3.05) is 7.11 Å². The number of hydrogen-bond acceptors (Lipinski definition) is 3. The van der Waals surface area contributed by atoms with Crippen LogP contribution in [-0.2, 0) is 0 Å². The van der Waals surface area contributed by atoms with Crippen LogP contribution in [0.3, 0.4) is 0 Å². The molecule has 19 heavy (non-hydrogen) atoms. The standard InChI is InChI=1S/C15H14BrNO2/c1-10-3-5-14(18)13(7-10)17-9-11-8-12(16)4-6-15(11)19-2/h3-9,18H,1-2H3. The van der Waals surface area contributed by atoms with Gasteiger partial charge < -0.3 is 9.84 Å². The van der Waals surface area contributed by atoms with Crippen molar-refractivity contribution in [1.29, 1.82) is 0 Å². The molecule has 0 spiro atoms. The van der Waals surface area contributed by atoms with E-state index in [9.17, 15) is 5.11 Å². The van der Waals surface area contributed by atoms with Gasteiger partial charge in [0.05, 0.1) is 7.11 Å². The first-order chi connectivity index (χ1) is 9.10. The van der Waals surface area contributed by atoms with Crippen LogP contribution in [0.15, 0.2) is 45.9 Å². The summed E-state index contributed by atoms with van der Waals surface area (Å²) in [7, 11) is 1.62. The second-order valence-corrected chi connectivity index (χ2v) is 5.05. The molecule has 0 atom stereocenters. The number of rotatable bonds is 3. The van der Waals surface area contributed by atoms with Gasteiger partial charge in [-0.2, -0.15) is 0 Å². The summed E-state index contributed by atoms with van der Waals surface area (Å²) in [5.74, 6) is 0.898. The second kappa shape index (κ2) is 5.89. The van der Waals surface area contributed by atoms with E-state index < -0.39 is 0 Å². The van der Waals surface area contributed by atoms with Crippen LogP contribution in [0.5, 0.6) is 11.5 Å². The molecule has 0 bridgehead atoms. The van der Waals surface area contributed by atoms with Crippen molar-refractivity contribution >= 4 is 27.8 Å². The molecule has 98 valence electrons. The van der Waals surface area contributed by atoms with Crippen molar-refractivity contribution in [3.63, 3.8) is 0 Å². The fraction of sp³-hybridized carbons (Fsp3) is 0.133. The minimum Gasteiger partial charge on any atom is -0.506 e. The molecule has 0 aliphatic heterocycles. The number of aliphatic imine (C=N–C) groups is 1. The molecular weight excluding hydrogens is 306 g/mol. The molecule has 0 saturated carbocycles. The number of aromatic hydroxyl groups is 1. The Hall–Kier alpha value is -1.81. The number of phenols is 1. The SMILES string of the molecule is COc1ccc(Br)cc1C=Nc1cc(C)ccc1O. The molecule has 1 N–H and O–H groups in total. The van der Waals surface area contributed by atoms with Crippen LogP contribution in [-0.4, -0.2) is 18.4 Å². The van der Waals surface area contributed by atoms with E-state index >= 15 is 0 Å². The third-order valence-corrected chi connectivity index (χ3v) is 3.16. The van der Waals surface area contributed by atoms with E-state index in [-0.39, 0.29) is 5.75 Å². The maximum absolute atomic E-state index is 9.74. The second-order valence-electron chi connectivity index (χ2n) is 4.14. The molecular formula is C15H14BrNO2. The van der Waals surface area contributed by atoms with Crippen LogP contribution in [0.1, 0.15) is 11.1 Å². The Labute approximate surface area is 120 Å². The molecule has 0 aromatic heterocycles. The summed E-state index contributed by atoms with van der Waals surface area (Å²) in [4.78, 5) is 4.31. The number of methoxy groups -OCH3 is 1. The summed E-state index contributed by atoms with van der Waals surface area (Å²) in [6, 6.07) is 11.0. The molecule has 4 heteroatoms. The van der Waals surface area contributed by atoms with Gasteiger partial charge in [-0.05, 0) is 42.8 Å². The molecule has 2 aromatic rings. The van der Waals surface area contributed by atoms with Crippen molar-refractivity contribution in [3.8, 4) is 11.5 Å². The number of nitrogens with zero attached hydrogens (tertiary/aromatic N) is 1. The van der Waals surface area contributed by atoms with Gasteiger partial charge in [-0.3, -0.25) is 4.99 Å². The summed E-state index contributed by atoms with van der Waals surface area (Å²) in [6.45, 7) is 1.96. The Balaban J connectivity index is 2.37. The van der Waals surface area contributed by atoms with Crippen molar-refractivity contribution in [3.05, 3.63) is 52.0 Å². The minimum absolute atomic E-state index is 0.163. The molecule has 0 heterocycles. The number of aryl methyl sites for hydroxylation is 1. The van der Waals surface area contributed by atoms with Gasteiger partial charge in [0.2, 0.25) is 0 Å². The highest BCUT2D eigenvalue weighted by atomic mass is 79.9. The average molecular weight is 320 g/mol. The summed E-state index contributed by atoms with van der Waals surface area (Å²) >= 11 is 3.41. The molecule has 3 nitrogen and oxygen atoms in total. The number of halogens is 1. The molecule has 0 radical (unpaired) electrons. The first-order valence-electron chi connectivity index (χ1n) is 5.77. The normalized spacial score (nSPS) is 10.9. The highest BCUT2D eigenvalue weighted by Gasteiger charge is 2.02. The van der Waals surface area contributed by atoms with Crippen LogP contribution >= 0.6 is 15.9 Å². The number of hydrogen-bond donors (Lipinski definition) is 1. The first kappa shape index (κ1) is 13.6. The van der Waals surface area contributed by atoms with Crippen molar-refractivity contribution in [1.82, 2.24) is 0 Å². The Morgan fingerprint density at radius 3 is 2.74 bits per heavy atom. The van der Waals surface area contributed by atoms with Crippen molar-refractivity contribution in [2.45, 2.75) is 6.92 Å². The van der Waals surface area contributed by atoms with Crippen LogP contribution in [0.4, 0.5) is 5.69 Å². The maximum Gasteiger partial charge on any atom is 0.141 e. The molecule has 2 rings (SSSR count). The molecule has 0 aliphatic rings. The number of benzene rings is 2. The van der Waals surface area contributed by atoms with E-state index in [4.69, 9.17) is 4.74 Å². The van der Waals surface area contributed by atoms with Crippen molar-refractivity contribution in [2.24, 2.45) is 4.99 Å². The minimum atomic E-state index is 0.163. The molecule has 0 amide bonds. The number of phenolic OH excluding ortho intramolecular Hbond substituents is 1. The summed E-state index contributed by atoms with van der Waals surface area (Å²) in [5, 5.41) is 9.74. The van der Waals surface area contributed by atoms with E-state index in [1.165, 1.54) is 0 Å². The number of ether oxygens (including phenoxy) is 1. The van der Waals surface area contributed by atoms with Gasteiger partial charge in [0.15, 0.2) is 0 Å². The van der Waals surface area contributed by atoms with E-state index in [0.29, 0.717) is 5.69 Å². The summed E-state index contributed by atoms with van der Waals surface area (Å²) in [6.07, 6.45) is 1.68. The van der Waals surface area contributed by atoms with Gasteiger partial charge in [-0.1, -0.05) is 22.0 Å². The topological polar surface area (TPSA) is 41.8 Å². The fourth-order valence-corrected chi connectivity index (χ4v) is 2.06.